The minimum absolute atomic E-state index is 0.100. The molecule has 26 heavy (non-hydrogen) atoms. The van der Waals surface area contributed by atoms with Gasteiger partial charge in [0, 0.05) is 11.8 Å². The minimum Gasteiger partial charge on any atom is -0.303 e. The second-order valence-corrected chi connectivity index (χ2v) is 6.67. The predicted molar refractivity (Wildman–Crippen MR) is 102 cm³/mol. The highest BCUT2D eigenvalue weighted by Crippen LogP contribution is 2.25. The van der Waals surface area contributed by atoms with Gasteiger partial charge in [-0.15, -0.1) is 0 Å². The van der Waals surface area contributed by atoms with Gasteiger partial charge < -0.3 is 9.88 Å². The lowest BCUT2D eigenvalue weighted by Crippen LogP contribution is -2.27. The monoisotopic (exact) mass is 362 g/mol. The Morgan fingerprint density at radius 1 is 1.08 bits per heavy atom. The molecule has 2 heterocycles. The Kier molecular flexibility index (Phi) is 4.28. The van der Waals surface area contributed by atoms with Crippen molar-refractivity contribution >= 4 is 32.6 Å². The maximum Gasteiger partial charge on any atom is 0.269 e. The molecule has 4 rings (SSSR count). The fourth-order valence-corrected chi connectivity index (χ4v) is 3.45. The van der Waals surface area contributed by atoms with Crippen LogP contribution in [0, 0.1) is 0 Å². The number of nitrogens with zero attached hydrogens (tertiary/aromatic N) is 3. The van der Waals surface area contributed by atoms with E-state index in [1.54, 1.807) is 6.20 Å². The number of para-hydroxylation sites is 1. The Hall–Kier alpha value is -3.32. The molecule has 1 N–H and O–H groups in total. The molecule has 0 aliphatic heterocycles. The van der Waals surface area contributed by atoms with E-state index in [0.29, 0.717) is 10.8 Å². The van der Waals surface area contributed by atoms with Gasteiger partial charge in [-0.05, 0) is 12.1 Å². The first kappa shape index (κ1) is 16.2. The van der Waals surface area contributed by atoms with Crippen LogP contribution in [0.1, 0.15) is 0 Å². The van der Waals surface area contributed by atoms with Crippen molar-refractivity contribution in [1.82, 2.24) is 14.5 Å². The largest absolute Gasteiger partial charge is 0.303 e. The second kappa shape index (κ2) is 6.89. The molecule has 0 bridgehead atoms. The zero-order valence-corrected chi connectivity index (χ0v) is 14.4. The van der Waals surface area contributed by atoms with Gasteiger partial charge in [0.1, 0.15) is 6.54 Å². The Labute approximate surface area is 152 Å². The van der Waals surface area contributed by atoms with Crippen LogP contribution in [0.5, 0.6) is 0 Å². The molecule has 128 valence electrons. The first-order valence-corrected chi connectivity index (χ1v) is 8.78. The van der Waals surface area contributed by atoms with E-state index < -0.39 is 0 Å². The molecule has 0 atom stereocenters. The van der Waals surface area contributed by atoms with Gasteiger partial charge in [0.05, 0.1) is 22.1 Å². The minimum atomic E-state index is -0.330. The zero-order chi connectivity index (χ0) is 17.9. The summed E-state index contributed by atoms with van der Waals surface area (Å²) in [7, 11) is 0. The van der Waals surface area contributed by atoms with E-state index in [1.165, 1.54) is 22.1 Å². The quantitative estimate of drug-likeness (QED) is 0.605. The van der Waals surface area contributed by atoms with Gasteiger partial charge in [-0.1, -0.05) is 53.8 Å². The fraction of sp³-hybridized carbons (Fsp3) is 0.0526. The Morgan fingerprint density at radius 3 is 2.65 bits per heavy atom. The number of thiazole rings is 1. The summed E-state index contributed by atoms with van der Waals surface area (Å²) in [4.78, 5) is 32.9. The lowest BCUT2D eigenvalue weighted by atomic mass is 10.2. The molecule has 6 nitrogen and oxygen atoms in total. The third kappa shape index (κ3) is 3.38. The van der Waals surface area contributed by atoms with Gasteiger partial charge in [-0.2, -0.15) is 0 Å². The average Bonchev–Trinajstić information content (AvgIpc) is 3.06. The smallest absolute Gasteiger partial charge is 0.269 e. The number of rotatable bonds is 4. The summed E-state index contributed by atoms with van der Waals surface area (Å²) < 4.78 is 2.34. The molecule has 0 aliphatic carbocycles. The molecule has 0 spiro atoms. The maximum absolute atomic E-state index is 12.3. The van der Waals surface area contributed by atoms with Crippen LogP contribution in [0.25, 0.3) is 21.5 Å². The number of nitrogens with one attached hydrogen (secondary N) is 1. The molecule has 0 saturated carbocycles. The number of hydrogen-bond acceptors (Lipinski definition) is 5. The third-order valence-electron chi connectivity index (χ3n) is 3.80. The topological polar surface area (TPSA) is 76.9 Å². The van der Waals surface area contributed by atoms with Crippen molar-refractivity contribution in [2.24, 2.45) is 0 Å². The van der Waals surface area contributed by atoms with Gasteiger partial charge in [0.2, 0.25) is 5.91 Å². The van der Waals surface area contributed by atoms with E-state index in [2.05, 4.69) is 15.3 Å². The molecule has 0 aliphatic rings. The molecular formula is C19H14N4O2S. The summed E-state index contributed by atoms with van der Waals surface area (Å²) in [5.74, 6) is -0.309. The lowest BCUT2D eigenvalue weighted by Gasteiger charge is -2.07. The van der Waals surface area contributed by atoms with Gasteiger partial charge in [0.25, 0.3) is 5.56 Å². The normalized spacial score (nSPS) is 10.8. The summed E-state index contributed by atoms with van der Waals surface area (Å²) in [5, 5.41) is 3.27. The molecule has 0 radical (unpaired) electrons. The van der Waals surface area contributed by atoms with Crippen molar-refractivity contribution in [1.29, 1.82) is 0 Å². The Morgan fingerprint density at radius 2 is 1.85 bits per heavy atom. The molecule has 0 saturated heterocycles. The van der Waals surface area contributed by atoms with Crippen molar-refractivity contribution < 1.29 is 4.79 Å². The SMILES string of the molecule is O=C(Cn1cc(-c2ccccc2)ncc1=O)Nc1nc2ccccc2s1. The van der Waals surface area contributed by atoms with Crippen LogP contribution in [0.2, 0.25) is 0 Å². The van der Waals surface area contributed by atoms with E-state index in [0.717, 1.165) is 15.8 Å². The van der Waals surface area contributed by atoms with Crippen LogP contribution in [0.15, 0.2) is 71.8 Å². The van der Waals surface area contributed by atoms with Gasteiger partial charge in [-0.3, -0.25) is 9.59 Å². The highest BCUT2D eigenvalue weighted by atomic mass is 32.1. The van der Waals surface area contributed by atoms with Crippen LogP contribution < -0.4 is 10.9 Å². The standard InChI is InChI=1S/C19H14N4O2S/c24-17(22-19-21-14-8-4-5-9-16(14)26-19)12-23-11-15(20-10-18(23)25)13-6-2-1-3-7-13/h1-11H,12H2,(H,21,22,24). The molecular weight excluding hydrogens is 348 g/mol. The first-order valence-electron chi connectivity index (χ1n) is 7.96. The van der Waals surface area contributed by atoms with E-state index in [-0.39, 0.29) is 18.0 Å². The number of carbonyl (C=O) groups is 1. The van der Waals surface area contributed by atoms with Crippen LogP contribution in [0.4, 0.5) is 5.13 Å². The van der Waals surface area contributed by atoms with Gasteiger partial charge in [-0.25, -0.2) is 9.97 Å². The number of benzene rings is 2. The number of amides is 1. The van der Waals surface area contributed by atoms with Gasteiger partial charge in [0.15, 0.2) is 5.13 Å². The molecule has 0 unspecified atom stereocenters. The van der Waals surface area contributed by atoms with Crippen molar-refractivity contribution in [2.75, 3.05) is 5.32 Å². The Bertz CT molecular complexity index is 1100. The number of carbonyl (C=O) groups excluding carboxylic acids is 1. The van der Waals surface area contributed by atoms with Crippen LogP contribution in [0.3, 0.4) is 0 Å². The summed E-state index contributed by atoms with van der Waals surface area (Å²) in [6.45, 7) is -0.100. The van der Waals surface area contributed by atoms with Gasteiger partial charge >= 0.3 is 0 Å². The zero-order valence-electron chi connectivity index (χ0n) is 13.6. The van der Waals surface area contributed by atoms with Crippen LogP contribution in [-0.2, 0) is 11.3 Å². The third-order valence-corrected chi connectivity index (χ3v) is 4.75. The highest BCUT2D eigenvalue weighted by molar-refractivity contribution is 7.22. The van der Waals surface area contributed by atoms with Crippen LogP contribution >= 0.6 is 11.3 Å². The second-order valence-electron chi connectivity index (χ2n) is 5.64. The van der Waals surface area contributed by atoms with E-state index in [1.807, 2.05) is 54.6 Å². The predicted octanol–water partition coefficient (Wildman–Crippen LogP) is 3.16. The highest BCUT2D eigenvalue weighted by Gasteiger charge is 2.10. The average molecular weight is 362 g/mol. The van der Waals surface area contributed by atoms with E-state index in [4.69, 9.17) is 0 Å². The van der Waals surface area contributed by atoms with E-state index in [9.17, 15) is 9.59 Å². The molecule has 2 aromatic heterocycles. The molecule has 4 aromatic rings. The van der Waals surface area contributed by atoms with Crippen molar-refractivity contribution in [2.45, 2.75) is 6.54 Å². The summed E-state index contributed by atoms with van der Waals surface area (Å²) in [6, 6.07) is 17.2. The fourth-order valence-electron chi connectivity index (χ4n) is 2.56. The number of anilines is 1. The number of fused-ring (bicyclic) bond motifs is 1. The summed E-state index contributed by atoms with van der Waals surface area (Å²) in [6.07, 6.45) is 2.82. The molecule has 1 amide bonds. The molecule has 7 heteroatoms. The maximum atomic E-state index is 12.3. The van der Waals surface area contributed by atoms with E-state index >= 15 is 0 Å². The summed E-state index contributed by atoms with van der Waals surface area (Å²) >= 11 is 1.40. The summed E-state index contributed by atoms with van der Waals surface area (Å²) in [5.41, 5.74) is 2.02. The lowest BCUT2D eigenvalue weighted by molar-refractivity contribution is -0.116. The number of aromatic nitrogens is 3. The van der Waals surface area contributed by atoms with Crippen molar-refractivity contribution in [3.05, 3.63) is 77.3 Å². The Balaban J connectivity index is 1.54. The van der Waals surface area contributed by atoms with Crippen molar-refractivity contribution in [3.63, 3.8) is 0 Å². The van der Waals surface area contributed by atoms with Crippen molar-refractivity contribution in [3.8, 4) is 11.3 Å². The molecule has 2 aromatic carbocycles. The first-order chi connectivity index (χ1) is 12.7. The number of hydrogen-bond donors (Lipinski definition) is 1. The van der Waals surface area contributed by atoms with Crippen LogP contribution in [-0.4, -0.2) is 20.4 Å². The molecule has 0 fully saturated rings.